The first kappa shape index (κ1) is 15.8. The van der Waals surface area contributed by atoms with E-state index in [1.807, 2.05) is 66.3 Å². The second kappa shape index (κ2) is 6.68. The van der Waals surface area contributed by atoms with Crippen molar-refractivity contribution < 1.29 is 4.79 Å². The van der Waals surface area contributed by atoms with E-state index >= 15 is 0 Å². The minimum absolute atomic E-state index is 0.290. The third-order valence-electron chi connectivity index (χ3n) is 4.16. The molecule has 2 N–H and O–H groups in total. The number of fused-ring (bicyclic) bond motifs is 1. The molecule has 0 aliphatic rings. The molecule has 2 amide bonds. The SMILES string of the molecule is Cn1ccc2cc(NC(=O)Nc3cccc(-c4cncnc4)c3)ccc21. The number of benzene rings is 2. The lowest BCUT2D eigenvalue weighted by molar-refractivity contribution is 0.262. The van der Waals surface area contributed by atoms with Gasteiger partial charge in [0.1, 0.15) is 6.33 Å². The quantitative estimate of drug-likeness (QED) is 0.583. The molecule has 6 nitrogen and oxygen atoms in total. The molecule has 0 saturated carbocycles. The normalized spacial score (nSPS) is 10.7. The summed E-state index contributed by atoms with van der Waals surface area (Å²) in [5.41, 5.74) is 4.40. The first-order chi connectivity index (χ1) is 12.7. The number of carbonyl (C=O) groups excluding carboxylic acids is 1. The van der Waals surface area contributed by atoms with E-state index in [1.165, 1.54) is 6.33 Å². The number of rotatable bonds is 3. The first-order valence-corrected chi connectivity index (χ1v) is 8.17. The van der Waals surface area contributed by atoms with E-state index in [0.717, 1.165) is 27.7 Å². The van der Waals surface area contributed by atoms with Crippen LogP contribution in [0.1, 0.15) is 0 Å². The van der Waals surface area contributed by atoms with Gasteiger partial charge in [-0.2, -0.15) is 0 Å². The number of nitrogens with zero attached hydrogens (tertiary/aromatic N) is 3. The third-order valence-corrected chi connectivity index (χ3v) is 4.16. The molecule has 4 rings (SSSR count). The maximum absolute atomic E-state index is 12.3. The van der Waals surface area contributed by atoms with Crippen molar-refractivity contribution in [3.8, 4) is 11.1 Å². The molecule has 0 fully saturated rings. The molecule has 2 heterocycles. The summed E-state index contributed by atoms with van der Waals surface area (Å²) in [6.45, 7) is 0. The molecule has 26 heavy (non-hydrogen) atoms. The first-order valence-electron chi connectivity index (χ1n) is 8.17. The van der Waals surface area contributed by atoms with Gasteiger partial charge in [0.2, 0.25) is 0 Å². The van der Waals surface area contributed by atoms with Crippen molar-refractivity contribution >= 4 is 28.3 Å². The van der Waals surface area contributed by atoms with E-state index in [1.54, 1.807) is 12.4 Å². The van der Waals surface area contributed by atoms with Crippen molar-refractivity contribution in [1.29, 1.82) is 0 Å². The number of urea groups is 1. The molecule has 6 heteroatoms. The van der Waals surface area contributed by atoms with Gasteiger partial charge in [-0.1, -0.05) is 12.1 Å². The van der Waals surface area contributed by atoms with Crippen molar-refractivity contribution in [2.24, 2.45) is 7.05 Å². The zero-order valence-electron chi connectivity index (χ0n) is 14.2. The van der Waals surface area contributed by atoms with Crippen LogP contribution >= 0.6 is 0 Å². The smallest absolute Gasteiger partial charge is 0.323 e. The van der Waals surface area contributed by atoms with Crippen molar-refractivity contribution in [3.63, 3.8) is 0 Å². The highest BCUT2D eigenvalue weighted by atomic mass is 16.2. The molecule has 0 radical (unpaired) electrons. The van der Waals surface area contributed by atoms with Gasteiger partial charge in [-0.15, -0.1) is 0 Å². The number of hydrogen-bond acceptors (Lipinski definition) is 3. The Bertz CT molecular complexity index is 1070. The molecule has 2 aromatic heterocycles. The van der Waals surface area contributed by atoms with E-state index in [4.69, 9.17) is 0 Å². The summed E-state index contributed by atoms with van der Waals surface area (Å²) in [6, 6.07) is 15.1. The second-order valence-electron chi connectivity index (χ2n) is 5.99. The lowest BCUT2D eigenvalue weighted by atomic mass is 10.1. The van der Waals surface area contributed by atoms with E-state index < -0.39 is 0 Å². The van der Waals surface area contributed by atoms with Crippen LogP contribution in [0.3, 0.4) is 0 Å². The number of amides is 2. The van der Waals surface area contributed by atoms with Gasteiger partial charge in [-0.05, 0) is 42.0 Å². The Labute approximate surface area is 150 Å². The Hall–Kier alpha value is -3.67. The molecule has 0 aliphatic carbocycles. The fraction of sp³-hybridized carbons (Fsp3) is 0.0500. The number of nitrogens with one attached hydrogen (secondary N) is 2. The molecule has 128 valence electrons. The van der Waals surface area contributed by atoms with E-state index in [9.17, 15) is 4.79 Å². The number of carbonyl (C=O) groups is 1. The highest BCUT2D eigenvalue weighted by Gasteiger charge is 2.06. The van der Waals surface area contributed by atoms with Gasteiger partial charge in [-0.3, -0.25) is 0 Å². The maximum Gasteiger partial charge on any atom is 0.323 e. The van der Waals surface area contributed by atoms with Gasteiger partial charge in [0.25, 0.3) is 0 Å². The van der Waals surface area contributed by atoms with E-state index in [0.29, 0.717) is 5.69 Å². The molecule has 0 spiro atoms. The van der Waals surface area contributed by atoms with Gasteiger partial charge in [-0.25, -0.2) is 14.8 Å². The van der Waals surface area contributed by atoms with Crippen molar-refractivity contribution in [1.82, 2.24) is 14.5 Å². The summed E-state index contributed by atoms with van der Waals surface area (Å²) in [7, 11) is 1.99. The van der Waals surface area contributed by atoms with Crippen molar-refractivity contribution in [2.75, 3.05) is 10.6 Å². The van der Waals surface area contributed by atoms with Crippen LogP contribution in [0.2, 0.25) is 0 Å². The molecule has 0 atom stereocenters. The van der Waals surface area contributed by atoms with Crippen LogP contribution in [0.25, 0.3) is 22.0 Å². The van der Waals surface area contributed by atoms with Crippen LogP contribution in [0, 0.1) is 0 Å². The lowest BCUT2D eigenvalue weighted by Gasteiger charge is -2.09. The molecule has 0 unspecified atom stereocenters. The molecule has 0 bridgehead atoms. The number of anilines is 2. The predicted octanol–water partition coefficient (Wildman–Crippen LogP) is 4.28. The Morgan fingerprint density at radius 2 is 1.69 bits per heavy atom. The zero-order chi connectivity index (χ0) is 17.9. The second-order valence-corrected chi connectivity index (χ2v) is 5.99. The standard InChI is InChI=1S/C20H17N5O/c1-25-8-7-15-10-18(5-6-19(15)25)24-20(26)23-17-4-2-3-14(9-17)16-11-21-13-22-12-16/h2-13H,1H3,(H2,23,24,26). The van der Waals surface area contributed by atoms with Crippen LogP contribution in [-0.4, -0.2) is 20.6 Å². The van der Waals surface area contributed by atoms with Gasteiger partial charge in [0.15, 0.2) is 0 Å². The number of aryl methyl sites for hydroxylation is 1. The average molecular weight is 343 g/mol. The van der Waals surface area contributed by atoms with Crippen LogP contribution < -0.4 is 10.6 Å². The lowest BCUT2D eigenvalue weighted by Crippen LogP contribution is -2.19. The summed E-state index contributed by atoms with van der Waals surface area (Å²) < 4.78 is 2.04. The van der Waals surface area contributed by atoms with E-state index in [2.05, 4.69) is 20.6 Å². The summed E-state index contributed by atoms with van der Waals surface area (Å²) in [5, 5.41) is 6.80. The Morgan fingerprint density at radius 3 is 2.50 bits per heavy atom. The third kappa shape index (κ3) is 3.25. The topological polar surface area (TPSA) is 71.8 Å². The van der Waals surface area contributed by atoms with Gasteiger partial charge < -0.3 is 15.2 Å². The largest absolute Gasteiger partial charge is 0.351 e. The number of hydrogen-bond donors (Lipinski definition) is 2. The Balaban J connectivity index is 1.49. The molecule has 4 aromatic rings. The minimum atomic E-state index is -0.290. The van der Waals surface area contributed by atoms with E-state index in [-0.39, 0.29) is 6.03 Å². The molecular formula is C20H17N5O. The highest BCUT2D eigenvalue weighted by Crippen LogP contribution is 2.22. The fourth-order valence-electron chi connectivity index (χ4n) is 2.88. The molecule has 0 aliphatic heterocycles. The van der Waals surface area contributed by atoms with Gasteiger partial charge in [0.05, 0.1) is 0 Å². The molecule has 0 saturated heterocycles. The molecular weight excluding hydrogens is 326 g/mol. The minimum Gasteiger partial charge on any atom is -0.351 e. The highest BCUT2D eigenvalue weighted by molar-refractivity contribution is 6.01. The van der Waals surface area contributed by atoms with Crippen LogP contribution in [-0.2, 0) is 7.05 Å². The number of aromatic nitrogens is 3. The Kier molecular flexibility index (Phi) is 4.07. The Morgan fingerprint density at radius 1 is 0.923 bits per heavy atom. The van der Waals surface area contributed by atoms with Crippen LogP contribution in [0.5, 0.6) is 0 Å². The summed E-state index contributed by atoms with van der Waals surface area (Å²) in [5.74, 6) is 0. The van der Waals surface area contributed by atoms with Crippen molar-refractivity contribution in [2.45, 2.75) is 0 Å². The monoisotopic (exact) mass is 343 g/mol. The molecule has 2 aromatic carbocycles. The van der Waals surface area contributed by atoms with Gasteiger partial charge in [0, 0.05) is 53.5 Å². The van der Waals surface area contributed by atoms with Crippen molar-refractivity contribution in [3.05, 3.63) is 73.4 Å². The van der Waals surface area contributed by atoms with Gasteiger partial charge >= 0.3 is 6.03 Å². The predicted molar refractivity (Wildman–Crippen MR) is 103 cm³/mol. The van der Waals surface area contributed by atoms with Crippen LogP contribution in [0.4, 0.5) is 16.2 Å². The van der Waals surface area contributed by atoms with Crippen LogP contribution in [0.15, 0.2) is 73.4 Å². The summed E-state index contributed by atoms with van der Waals surface area (Å²) in [4.78, 5) is 20.4. The summed E-state index contributed by atoms with van der Waals surface area (Å²) in [6.07, 6.45) is 6.96. The zero-order valence-corrected chi connectivity index (χ0v) is 14.2. The average Bonchev–Trinajstić information content (AvgIpc) is 3.03. The summed E-state index contributed by atoms with van der Waals surface area (Å²) >= 11 is 0. The fourth-order valence-corrected chi connectivity index (χ4v) is 2.88. The maximum atomic E-state index is 12.3.